The first-order valence-electron chi connectivity index (χ1n) is 11.2. The summed E-state index contributed by atoms with van der Waals surface area (Å²) < 4.78 is 1.23. The lowest BCUT2D eigenvalue weighted by Crippen LogP contribution is -2.35. The zero-order valence-electron chi connectivity index (χ0n) is 19.1. The highest BCUT2D eigenvalue weighted by Gasteiger charge is 2.43. The Morgan fingerprint density at radius 2 is 1.72 bits per heavy atom. The van der Waals surface area contributed by atoms with Gasteiger partial charge in [0.05, 0.1) is 22.2 Å². The van der Waals surface area contributed by atoms with E-state index in [0.717, 1.165) is 21.8 Å². The van der Waals surface area contributed by atoms with Crippen LogP contribution in [0.25, 0.3) is 5.57 Å². The minimum absolute atomic E-state index is 0.188. The Morgan fingerprint density at radius 1 is 1.00 bits per heavy atom. The van der Waals surface area contributed by atoms with E-state index in [9.17, 15) is 14.4 Å². The average molecular weight is 579 g/mol. The molecule has 0 aromatic heterocycles. The predicted octanol–water partition coefficient (Wildman–Crippen LogP) is 5.77. The lowest BCUT2D eigenvalue weighted by molar-refractivity contribution is -0.123. The van der Waals surface area contributed by atoms with Crippen molar-refractivity contribution in [3.8, 4) is 0 Å². The molecular formula is C27H20BrN3O3S2. The number of thiocarbonyl (C=S) groups is 1. The molecule has 0 radical (unpaired) electrons. The molecule has 9 heteroatoms. The van der Waals surface area contributed by atoms with E-state index in [1.165, 1.54) is 4.90 Å². The Kier molecular flexibility index (Phi) is 6.79. The van der Waals surface area contributed by atoms with Gasteiger partial charge < -0.3 is 5.32 Å². The van der Waals surface area contributed by atoms with Crippen LogP contribution in [0, 0.1) is 0 Å². The first-order chi connectivity index (χ1) is 17.3. The first-order valence-corrected chi connectivity index (χ1v) is 13.2. The summed E-state index contributed by atoms with van der Waals surface area (Å²) in [5.41, 5.74) is 3.05. The molecule has 1 saturated heterocycles. The van der Waals surface area contributed by atoms with Gasteiger partial charge in [-0.1, -0.05) is 94.5 Å². The third-order valence-corrected chi connectivity index (χ3v) is 7.92. The monoisotopic (exact) mass is 577 g/mol. The quantitative estimate of drug-likeness (QED) is 0.308. The highest BCUT2D eigenvalue weighted by molar-refractivity contribution is 9.10. The molecule has 5 rings (SSSR count). The van der Waals surface area contributed by atoms with Crippen LogP contribution in [-0.2, 0) is 14.4 Å². The molecule has 3 amide bonds. The van der Waals surface area contributed by atoms with E-state index < -0.39 is 5.91 Å². The van der Waals surface area contributed by atoms with E-state index in [0.29, 0.717) is 21.3 Å². The Morgan fingerprint density at radius 3 is 2.47 bits per heavy atom. The Balaban J connectivity index is 1.46. The summed E-state index contributed by atoms with van der Waals surface area (Å²) in [6.45, 7) is 1.73. The van der Waals surface area contributed by atoms with Crippen molar-refractivity contribution in [1.29, 1.82) is 0 Å². The molecule has 1 unspecified atom stereocenters. The summed E-state index contributed by atoms with van der Waals surface area (Å²) in [4.78, 5) is 43.3. The average Bonchev–Trinajstić information content (AvgIpc) is 3.31. The zero-order chi connectivity index (χ0) is 25.4. The molecule has 180 valence electrons. The topological polar surface area (TPSA) is 69.7 Å². The number of anilines is 2. The van der Waals surface area contributed by atoms with Gasteiger partial charge in [-0.05, 0) is 36.8 Å². The van der Waals surface area contributed by atoms with Crippen molar-refractivity contribution < 1.29 is 14.4 Å². The van der Waals surface area contributed by atoms with Gasteiger partial charge in [0.1, 0.15) is 10.9 Å². The van der Waals surface area contributed by atoms with Gasteiger partial charge in [-0.15, -0.1) is 0 Å². The molecule has 0 bridgehead atoms. The molecule has 1 atom stereocenters. The molecule has 0 aliphatic carbocycles. The third kappa shape index (κ3) is 4.50. The van der Waals surface area contributed by atoms with Crippen LogP contribution in [-0.4, -0.2) is 33.5 Å². The summed E-state index contributed by atoms with van der Waals surface area (Å²) >= 11 is 10.1. The highest BCUT2D eigenvalue weighted by Crippen LogP contribution is 2.46. The maximum absolute atomic E-state index is 13.6. The zero-order valence-corrected chi connectivity index (χ0v) is 22.3. The normalized spacial score (nSPS) is 18.0. The molecule has 2 aliphatic rings. The van der Waals surface area contributed by atoms with Crippen molar-refractivity contribution in [1.82, 2.24) is 4.90 Å². The molecule has 2 aliphatic heterocycles. The number of para-hydroxylation sites is 1. The van der Waals surface area contributed by atoms with Crippen LogP contribution in [0.5, 0.6) is 0 Å². The van der Waals surface area contributed by atoms with Crippen molar-refractivity contribution >= 4 is 78.9 Å². The Bertz CT molecular complexity index is 1440. The summed E-state index contributed by atoms with van der Waals surface area (Å²) in [6.07, 6.45) is 0. The molecule has 2 heterocycles. The highest BCUT2D eigenvalue weighted by atomic mass is 79.9. The number of nitrogens with one attached hydrogen (secondary N) is 1. The molecule has 1 N–H and O–H groups in total. The molecular weight excluding hydrogens is 558 g/mol. The van der Waals surface area contributed by atoms with E-state index in [2.05, 4.69) is 21.2 Å². The fraction of sp³-hybridized carbons (Fsp3) is 0.111. The van der Waals surface area contributed by atoms with E-state index in [1.54, 1.807) is 35.2 Å². The predicted molar refractivity (Wildman–Crippen MR) is 150 cm³/mol. The second-order valence-corrected chi connectivity index (χ2v) is 10.9. The summed E-state index contributed by atoms with van der Waals surface area (Å²) in [5.74, 6) is -1.05. The van der Waals surface area contributed by atoms with Crippen LogP contribution >= 0.6 is 39.9 Å². The van der Waals surface area contributed by atoms with E-state index in [1.807, 2.05) is 55.5 Å². The number of benzene rings is 3. The summed E-state index contributed by atoms with van der Waals surface area (Å²) in [7, 11) is 0. The molecule has 0 saturated carbocycles. The van der Waals surface area contributed by atoms with Crippen LogP contribution in [0.15, 0.2) is 88.2 Å². The van der Waals surface area contributed by atoms with Gasteiger partial charge in [0.25, 0.3) is 11.8 Å². The van der Waals surface area contributed by atoms with Crippen molar-refractivity contribution in [2.45, 2.75) is 13.0 Å². The Labute approximate surface area is 226 Å². The molecule has 3 aromatic rings. The van der Waals surface area contributed by atoms with Crippen LogP contribution < -0.4 is 10.2 Å². The number of rotatable bonds is 5. The third-order valence-electron chi connectivity index (χ3n) is 6.03. The number of nitrogens with zero attached hydrogens (tertiary/aromatic N) is 2. The second kappa shape index (κ2) is 10.0. The van der Waals surface area contributed by atoms with E-state index in [4.69, 9.17) is 12.2 Å². The summed E-state index contributed by atoms with van der Waals surface area (Å²) in [5, 5.41) is 2.82. The van der Waals surface area contributed by atoms with Crippen LogP contribution in [0.1, 0.15) is 24.1 Å². The fourth-order valence-corrected chi connectivity index (χ4v) is 6.20. The maximum atomic E-state index is 13.6. The molecule has 1 fully saturated rings. The SMILES string of the molecule is CC(c1ccccc1)N1C(=O)/C(=C2/C(=O)N(CC(=O)Nc3cccc(Br)c3)c3ccccc32)SC1=S. The number of amides is 3. The second-order valence-electron chi connectivity index (χ2n) is 8.30. The van der Waals surface area contributed by atoms with Crippen molar-refractivity contribution in [3.63, 3.8) is 0 Å². The van der Waals surface area contributed by atoms with Gasteiger partial charge in [-0.3, -0.25) is 24.2 Å². The molecule has 0 spiro atoms. The van der Waals surface area contributed by atoms with Crippen LogP contribution in [0.3, 0.4) is 0 Å². The number of carbonyl (C=O) groups excluding carboxylic acids is 3. The molecule has 6 nitrogen and oxygen atoms in total. The maximum Gasteiger partial charge on any atom is 0.267 e. The van der Waals surface area contributed by atoms with Gasteiger partial charge >= 0.3 is 0 Å². The van der Waals surface area contributed by atoms with Gasteiger partial charge in [-0.25, -0.2) is 0 Å². The lowest BCUT2D eigenvalue weighted by atomic mass is 10.1. The standard InChI is InChI=1S/C27H20BrN3O3S2/c1-16(17-8-3-2-4-9-17)31-26(34)24(36-27(31)35)23-20-12-5-6-13-21(20)30(25(23)33)15-22(32)29-19-11-7-10-18(28)14-19/h2-14,16H,15H2,1H3,(H,29,32)/b24-23-. The van der Waals surface area contributed by atoms with Crippen LogP contribution in [0.2, 0.25) is 0 Å². The van der Waals surface area contributed by atoms with Gasteiger partial charge in [-0.2, -0.15) is 0 Å². The van der Waals surface area contributed by atoms with Crippen LogP contribution in [0.4, 0.5) is 11.4 Å². The minimum Gasteiger partial charge on any atom is -0.324 e. The number of hydrogen-bond donors (Lipinski definition) is 1. The molecule has 3 aromatic carbocycles. The van der Waals surface area contributed by atoms with Crippen molar-refractivity contribution in [2.75, 3.05) is 16.8 Å². The Hall–Kier alpha value is -3.27. The number of carbonyl (C=O) groups is 3. The van der Waals surface area contributed by atoms with E-state index >= 15 is 0 Å². The fourth-order valence-electron chi connectivity index (χ4n) is 4.31. The van der Waals surface area contributed by atoms with Crippen molar-refractivity contribution in [2.24, 2.45) is 0 Å². The van der Waals surface area contributed by atoms with Gasteiger partial charge in [0.2, 0.25) is 5.91 Å². The summed E-state index contributed by atoms with van der Waals surface area (Å²) in [6, 6.07) is 23.7. The lowest BCUT2D eigenvalue weighted by Gasteiger charge is -2.23. The van der Waals surface area contributed by atoms with Gasteiger partial charge in [0.15, 0.2) is 0 Å². The largest absolute Gasteiger partial charge is 0.324 e. The number of fused-ring (bicyclic) bond motifs is 1. The number of halogens is 1. The number of thioether (sulfide) groups is 1. The van der Waals surface area contributed by atoms with Crippen molar-refractivity contribution in [3.05, 3.63) is 99.4 Å². The van der Waals surface area contributed by atoms with Gasteiger partial charge in [0, 0.05) is 15.7 Å². The smallest absolute Gasteiger partial charge is 0.267 e. The molecule has 36 heavy (non-hydrogen) atoms. The number of hydrogen-bond acceptors (Lipinski definition) is 5. The first kappa shape index (κ1) is 24.4. The van der Waals surface area contributed by atoms with E-state index in [-0.39, 0.29) is 34.9 Å². The minimum atomic E-state index is -0.395.